The van der Waals surface area contributed by atoms with Crippen LogP contribution in [0.15, 0.2) is 36.4 Å². The lowest BCUT2D eigenvalue weighted by molar-refractivity contribution is -0.385. The van der Waals surface area contributed by atoms with Crippen molar-refractivity contribution in [2.45, 2.75) is 6.92 Å². The molecule has 2 N–H and O–H groups in total. The van der Waals surface area contributed by atoms with Gasteiger partial charge in [0.1, 0.15) is 0 Å². The van der Waals surface area contributed by atoms with E-state index in [0.29, 0.717) is 17.1 Å². The number of rotatable bonds is 3. The van der Waals surface area contributed by atoms with Crippen LogP contribution in [0.5, 0.6) is 11.5 Å². The van der Waals surface area contributed by atoms with E-state index in [1.807, 2.05) is 0 Å². The fourth-order valence-corrected chi connectivity index (χ4v) is 2.30. The van der Waals surface area contributed by atoms with Gasteiger partial charge in [-0.05, 0) is 37.3 Å². The Bertz CT molecular complexity index is 880. The Morgan fingerprint density at radius 1 is 1.00 bits per heavy atom. The number of hydrogen-bond acceptors (Lipinski definition) is 6. The minimum absolute atomic E-state index is 0.0825. The highest BCUT2D eigenvalue weighted by Crippen LogP contribution is 2.32. The first kappa shape index (κ1) is 16.2. The fraction of sp³-hybridized carbons (Fsp3) is 0.125. The number of nitro groups is 1. The number of hydrazine groups is 1. The van der Waals surface area contributed by atoms with Crippen molar-refractivity contribution in [2.24, 2.45) is 0 Å². The van der Waals surface area contributed by atoms with E-state index in [2.05, 4.69) is 10.9 Å². The molecule has 0 spiro atoms. The van der Waals surface area contributed by atoms with Gasteiger partial charge in [0.15, 0.2) is 11.5 Å². The Hall–Kier alpha value is -3.62. The maximum absolute atomic E-state index is 12.1. The third kappa shape index (κ3) is 3.34. The maximum atomic E-state index is 12.1. The second kappa shape index (κ2) is 6.48. The monoisotopic (exact) mass is 343 g/mol. The van der Waals surface area contributed by atoms with Crippen LogP contribution in [-0.2, 0) is 0 Å². The van der Waals surface area contributed by atoms with Gasteiger partial charge < -0.3 is 9.47 Å². The predicted octanol–water partition coefficient (Wildman–Crippen LogP) is 1.71. The number of nitrogens with one attached hydrogen (secondary N) is 2. The van der Waals surface area contributed by atoms with Gasteiger partial charge in [0.2, 0.25) is 6.79 Å². The van der Waals surface area contributed by atoms with Gasteiger partial charge in [0.25, 0.3) is 17.5 Å². The Morgan fingerprint density at radius 3 is 2.24 bits per heavy atom. The van der Waals surface area contributed by atoms with Crippen molar-refractivity contribution in [3.63, 3.8) is 0 Å². The highest BCUT2D eigenvalue weighted by molar-refractivity contribution is 5.99. The lowest BCUT2D eigenvalue weighted by atomic mass is 10.1. The molecule has 0 unspecified atom stereocenters. The molecule has 25 heavy (non-hydrogen) atoms. The molecule has 3 rings (SSSR count). The molecule has 0 aromatic heterocycles. The normalized spacial score (nSPS) is 11.7. The van der Waals surface area contributed by atoms with Crippen molar-refractivity contribution >= 4 is 17.5 Å². The lowest BCUT2D eigenvalue weighted by Gasteiger charge is -2.08. The van der Waals surface area contributed by atoms with Crippen LogP contribution in [0.3, 0.4) is 0 Å². The summed E-state index contributed by atoms with van der Waals surface area (Å²) in [6, 6.07) is 8.56. The van der Waals surface area contributed by atoms with E-state index in [-0.39, 0.29) is 23.6 Å². The second-order valence-corrected chi connectivity index (χ2v) is 5.23. The summed E-state index contributed by atoms with van der Waals surface area (Å²) in [7, 11) is 0. The molecule has 0 saturated heterocycles. The summed E-state index contributed by atoms with van der Waals surface area (Å²) in [5.41, 5.74) is 5.27. The molecule has 1 heterocycles. The minimum Gasteiger partial charge on any atom is -0.454 e. The Morgan fingerprint density at radius 2 is 1.60 bits per heavy atom. The van der Waals surface area contributed by atoms with Crippen molar-refractivity contribution in [1.29, 1.82) is 0 Å². The van der Waals surface area contributed by atoms with Gasteiger partial charge in [-0.3, -0.25) is 30.6 Å². The molecule has 1 aliphatic heterocycles. The van der Waals surface area contributed by atoms with Crippen LogP contribution in [0.2, 0.25) is 0 Å². The molecular formula is C16H13N3O6. The summed E-state index contributed by atoms with van der Waals surface area (Å²) in [4.78, 5) is 34.4. The van der Waals surface area contributed by atoms with E-state index < -0.39 is 16.7 Å². The zero-order valence-electron chi connectivity index (χ0n) is 13.1. The highest BCUT2D eigenvalue weighted by Gasteiger charge is 2.17. The number of hydrogen-bond donors (Lipinski definition) is 2. The number of nitro benzene ring substituents is 1. The predicted molar refractivity (Wildman–Crippen MR) is 85.3 cm³/mol. The first-order chi connectivity index (χ1) is 12.0. The third-order valence-electron chi connectivity index (χ3n) is 3.58. The van der Waals surface area contributed by atoms with Crippen molar-refractivity contribution in [2.75, 3.05) is 6.79 Å². The van der Waals surface area contributed by atoms with Crippen LogP contribution in [0.4, 0.5) is 5.69 Å². The average molecular weight is 343 g/mol. The molecule has 0 fully saturated rings. The van der Waals surface area contributed by atoms with Gasteiger partial charge in [-0.25, -0.2) is 0 Å². The first-order valence-corrected chi connectivity index (χ1v) is 7.21. The molecule has 128 valence electrons. The van der Waals surface area contributed by atoms with Crippen LogP contribution in [0.1, 0.15) is 26.3 Å². The lowest BCUT2D eigenvalue weighted by Crippen LogP contribution is -2.41. The number of carbonyl (C=O) groups excluding carboxylic acids is 2. The SMILES string of the molecule is Cc1cc(C(=O)NNC(=O)c2ccc3c(c2)OCO3)ccc1[N+](=O)[O-]. The number of ether oxygens (including phenoxy) is 2. The molecule has 0 radical (unpaired) electrons. The van der Waals surface area contributed by atoms with Gasteiger partial charge >= 0.3 is 0 Å². The molecule has 0 aliphatic carbocycles. The first-order valence-electron chi connectivity index (χ1n) is 7.21. The molecule has 0 atom stereocenters. The Labute approximate surface area is 141 Å². The van der Waals surface area contributed by atoms with E-state index in [4.69, 9.17) is 9.47 Å². The van der Waals surface area contributed by atoms with Gasteiger partial charge in [-0.2, -0.15) is 0 Å². The number of carbonyl (C=O) groups is 2. The Balaban J connectivity index is 1.65. The van der Waals surface area contributed by atoms with E-state index >= 15 is 0 Å². The van der Waals surface area contributed by atoms with Gasteiger partial charge in [0.05, 0.1) is 4.92 Å². The molecule has 2 amide bonds. The molecule has 0 saturated carbocycles. The van der Waals surface area contributed by atoms with E-state index in [1.54, 1.807) is 6.07 Å². The molecule has 9 heteroatoms. The number of nitrogens with zero attached hydrogens (tertiary/aromatic N) is 1. The van der Waals surface area contributed by atoms with Crippen LogP contribution >= 0.6 is 0 Å². The minimum atomic E-state index is -0.591. The van der Waals surface area contributed by atoms with Crippen molar-refractivity contribution in [3.05, 3.63) is 63.2 Å². The molecular weight excluding hydrogens is 330 g/mol. The Kier molecular flexibility index (Phi) is 4.21. The molecule has 2 aromatic carbocycles. The number of aryl methyl sites for hydroxylation is 1. The number of benzene rings is 2. The van der Waals surface area contributed by atoms with Crippen LogP contribution in [-0.4, -0.2) is 23.5 Å². The third-order valence-corrected chi connectivity index (χ3v) is 3.58. The van der Waals surface area contributed by atoms with Crippen molar-refractivity contribution < 1.29 is 24.0 Å². The fourth-order valence-electron chi connectivity index (χ4n) is 2.30. The zero-order chi connectivity index (χ0) is 18.0. The highest BCUT2D eigenvalue weighted by atomic mass is 16.7. The number of amides is 2. The van der Waals surface area contributed by atoms with Crippen LogP contribution in [0, 0.1) is 17.0 Å². The molecule has 2 aromatic rings. The van der Waals surface area contributed by atoms with Gasteiger partial charge in [-0.1, -0.05) is 0 Å². The maximum Gasteiger partial charge on any atom is 0.272 e. The van der Waals surface area contributed by atoms with E-state index in [0.717, 1.165) is 0 Å². The average Bonchev–Trinajstić information content (AvgIpc) is 3.06. The van der Waals surface area contributed by atoms with Gasteiger partial charge in [0, 0.05) is 22.8 Å². The smallest absolute Gasteiger partial charge is 0.272 e. The summed E-state index contributed by atoms with van der Waals surface area (Å²) in [6.07, 6.45) is 0. The summed E-state index contributed by atoms with van der Waals surface area (Å²) in [5.74, 6) is -0.135. The molecule has 0 bridgehead atoms. The quantitative estimate of drug-likeness (QED) is 0.646. The molecule has 9 nitrogen and oxygen atoms in total. The van der Waals surface area contributed by atoms with Crippen molar-refractivity contribution in [1.82, 2.24) is 10.9 Å². The number of fused-ring (bicyclic) bond motifs is 1. The van der Waals surface area contributed by atoms with E-state index in [1.165, 1.54) is 37.3 Å². The summed E-state index contributed by atoms with van der Waals surface area (Å²) in [5, 5.41) is 10.8. The largest absolute Gasteiger partial charge is 0.454 e. The standard InChI is InChI=1S/C16H13N3O6/c1-9-6-10(2-4-12(9)19(22)23)15(20)17-18-16(21)11-3-5-13-14(7-11)25-8-24-13/h2-7H,8H2,1H3,(H,17,20)(H,18,21). The second-order valence-electron chi connectivity index (χ2n) is 5.23. The van der Waals surface area contributed by atoms with Crippen LogP contribution in [0.25, 0.3) is 0 Å². The van der Waals surface area contributed by atoms with Crippen molar-refractivity contribution in [3.8, 4) is 11.5 Å². The summed E-state index contributed by atoms with van der Waals surface area (Å²) in [6.45, 7) is 1.62. The van der Waals surface area contributed by atoms with Crippen LogP contribution < -0.4 is 20.3 Å². The summed E-state index contributed by atoms with van der Waals surface area (Å²) < 4.78 is 10.3. The zero-order valence-corrected chi connectivity index (χ0v) is 13.1. The topological polar surface area (TPSA) is 120 Å². The van der Waals surface area contributed by atoms with Gasteiger partial charge in [-0.15, -0.1) is 0 Å². The summed E-state index contributed by atoms with van der Waals surface area (Å²) >= 11 is 0. The molecule has 1 aliphatic rings. The van der Waals surface area contributed by atoms with E-state index in [9.17, 15) is 19.7 Å².